The van der Waals surface area contributed by atoms with Crippen molar-refractivity contribution < 1.29 is 19.1 Å². The summed E-state index contributed by atoms with van der Waals surface area (Å²) in [5.41, 5.74) is 3.39. The number of ether oxygens (including phenoxy) is 2. The van der Waals surface area contributed by atoms with E-state index in [-0.39, 0.29) is 13.2 Å². The van der Waals surface area contributed by atoms with Gasteiger partial charge in [-0.2, -0.15) is 0 Å². The van der Waals surface area contributed by atoms with Gasteiger partial charge in [0, 0.05) is 0 Å². The number of benzene rings is 1. The predicted octanol–water partition coefficient (Wildman–Crippen LogP) is 3.64. The van der Waals surface area contributed by atoms with Crippen LogP contribution in [-0.4, -0.2) is 30.1 Å². The molecule has 0 N–H and O–H groups in total. The molecule has 1 aromatic heterocycles. The van der Waals surface area contributed by atoms with Crippen LogP contribution in [0.1, 0.15) is 57.1 Å². The average Bonchev–Trinajstić information content (AvgIpc) is 2.56. The molecule has 0 saturated carbocycles. The highest BCUT2D eigenvalue weighted by molar-refractivity contribution is 5.99. The Morgan fingerprint density at radius 1 is 0.880 bits per heavy atom. The molecule has 2 aromatic rings. The topological polar surface area (TPSA) is 65.5 Å². The molecule has 0 aliphatic rings. The zero-order valence-corrected chi connectivity index (χ0v) is 15.1. The molecular formula is C20H23NO4. The molecule has 132 valence electrons. The first-order valence-corrected chi connectivity index (χ1v) is 8.37. The van der Waals surface area contributed by atoms with Crippen molar-refractivity contribution in [1.29, 1.82) is 0 Å². The molecule has 0 aliphatic heterocycles. The molecule has 0 amide bonds. The summed E-state index contributed by atoms with van der Waals surface area (Å²) in [6.07, 6.45) is 0.424. The molecule has 1 heterocycles. The molecule has 0 fully saturated rings. The molecule has 1 aromatic carbocycles. The summed E-state index contributed by atoms with van der Waals surface area (Å²) in [6, 6.07) is 9.67. The van der Waals surface area contributed by atoms with Crippen LogP contribution in [0.5, 0.6) is 0 Å². The Morgan fingerprint density at radius 3 is 1.80 bits per heavy atom. The molecule has 0 radical (unpaired) electrons. The van der Waals surface area contributed by atoms with Crippen molar-refractivity contribution >= 4 is 11.9 Å². The van der Waals surface area contributed by atoms with Gasteiger partial charge in [0.2, 0.25) is 0 Å². The zero-order chi connectivity index (χ0) is 18.4. The molecule has 0 unspecified atom stereocenters. The molecule has 5 heteroatoms. The standard InChI is InChI=1S/C20H23NO4/c1-5-24-19(22)17-13(3)21-14(4)18(20(23)25-6-2)16(17)12-15-10-8-7-9-11-15/h7-11H,5-6,12H2,1-4H3. The van der Waals surface area contributed by atoms with E-state index in [1.165, 1.54) is 0 Å². The number of aromatic nitrogens is 1. The van der Waals surface area contributed by atoms with Gasteiger partial charge in [0.1, 0.15) is 0 Å². The summed E-state index contributed by atoms with van der Waals surface area (Å²) in [5.74, 6) is -0.937. The molecule has 0 saturated heterocycles. The first-order valence-electron chi connectivity index (χ1n) is 8.37. The first kappa shape index (κ1) is 18.6. The van der Waals surface area contributed by atoms with Crippen LogP contribution >= 0.6 is 0 Å². The highest BCUT2D eigenvalue weighted by Crippen LogP contribution is 2.25. The third kappa shape index (κ3) is 4.24. The van der Waals surface area contributed by atoms with Crippen molar-refractivity contribution in [2.24, 2.45) is 0 Å². The summed E-state index contributed by atoms with van der Waals surface area (Å²) >= 11 is 0. The quantitative estimate of drug-likeness (QED) is 0.751. The fourth-order valence-electron chi connectivity index (χ4n) is 2.85. The van der Waals surface area contributed by atoms with Gasteiger partial charge in [-0.3, -0.25) is 4.98 Å². The molecule has 0 aliphatic carbocycles. The van der Waals surface area contributed by atoms with Crippen molar-refractivity contribution in [2.45, 2.75) is 34.1 Å². The van der Waals surface area contributed by atoms with Gasteiger partial charge in [0.15, 0.2) is 0 Å². The number of pyridine rings is 1. The Kier molecular flexibility index (Phi) is 6.28. The lowest BCUT2D eigenvalue weighted by Crippen LogP contribution is -2.19. The van der Waals surface area contributed by atoms with Gasteiger partial charge in [-0.05, 0) is 45.2 Å². The number of carbonyl (C=O) groups is 2. The SMILES string of the molecule is CCOC(=O)c1c(C)nc(C)c(C(=O)OCC)c1Cc1ccccc1. The smallest absolute Gasteiger partial charge is 0.340 e. The number of rotatable bonds is 6. The van der Waals surface area contributed by atoms with E-state index in [1.54, 1.807) is 27.7 Å². The first-order chi connectivity index (χ1) is 12.0. The van der Waals surface area contributed by atoms with Crippen LogP contribution in [0.15, 0.2) is 30.3 Å². The molecule has 0 atom stereocenters. The summed E-state index contributed by atoms with van der Waals surface area (Å²) < 4.78 is 10.4. The van der Waals surface area contributed by atoms with Gasteiger partial charge < -0.3 is 9.47 Å². The van der Waals surface area contributed by atoms with E-state index in [2.05, 4.69) is 4.98 Å². The van der Waals surface area contributed by atoms with E-state index in [0.29, 0.717) is 34.5 Å². The Bertz CT molecular complexity index is 727. The molecule has 2 rings (SSSR count). The second-order valence-corrected chi connectivity index (χ2v) is 5.61. The van der Waals surface area contributed by atoms with Crippen molar-refractivity contribution in [3.05, 3.63) is 64.0 Å². The second-order valence-electron chi connectivity index (χ2n) is 5.61. The van der Waals surface area contributed by atoms with Crippen molar-refractivity contribution in [2.75, 3.05) is 13.2 Å². The second kappa shape index (κ2) is 8.42. The van der Waals surface area contributed by atoms with Gasteiger partial charge >= 0.3 is 11.9 Å². The van der Waals surface area contributed by atoms with E-state index in [9.17, 15) is 9.59 Å². The van der Waals surface area contributed by atoms with E-state index in [4.69, 9.17) is 9.47 Å². The number of esters is 2. The monoisotopic (exact) mass is 341 g/mol. The van der Waals surface area contributed by atoms with Crippen molar-refractivity contribution in [3.8, 4) is 0 Å². The lowest BCUT2D eigenvalue weighted by atomic mass is 9.93. The Labute approximate surface area is 148 Å². The van der Waals surface area contributed by atoms with Gasteiger partial charge in [-0.25, -0.2) is 9.59 Å². The maximum atomic E-state index is 12.5. The van der Waals surface area contributed by atoms with Gasteiger partial charge in [-0.1, -0.05) is 30.3 Å². The minimum Gasteiger partial charge on any atom is -0.462 e. The molecule has 25 heavy (non-hydrogen) atoms. The Morgan fingerprint density at radius 2 is 1.36 bits per heavy atom. The number of nitrogens with zero attached hydrogens (tertiary/aromatic N) is 1. The van der Waals surface area contributed by atoms with Gasteiger partial charge in [-0.15, -0.1) is 0 Å². The van der Waals surface area contributed by atoms with Crippen LogP contribution in [0.4, 0.5) is 0 Å². The van der Waals surface area contributed by atoms with E-state index in [1.807, 2.05) is 30.3 Å². The summed E-state index contributed by atoms with van der Waals surface area (Å²) in [5, 5.41) is 0. The van der Waals surface area contributed by atoms with E-state index >= 15 is 0 Å². The van der Waals surface area contributed by atoms with Crippen LogP contribution in [0.2, 0.25) is 0 Å². The summed E-state index contributed by atoms with van der Waals surface area (Å²) in [6.45, 7) is 7.51. The number of aryl methyl sites for hydroxylation is 2. The average molecular weight is 341 g/mol. The highest BCUT2D eigenvalue weighted by atomic mass is 16.5. The lowest BCUT2D eigenvalue weighted by Gasteiger charge is -2.17. The maximum Gasteiger partial charge on any atom is 0.340 e. The minimum atomic E-state index is -0.469. The highest BCUT2D eigenvalue weighted by Gasteiger charge is 2.26. The van der Waals surface area contributed by atoms with Crippen LogP contribution in [0, 0.1) is 13.8 Å². The minimum absolute atomic E-state index is 0.256. The molecule has 5 nitrogen and oxygen atoms in total. The number of hydrogen-bond acceptors (Lipinski definition) is 5. The Balaban J connectivity index is 2.67. The van der Waals surface area contributed by atoms with Gasteiger partial charge in [0.05, 0.1) is 35.7 Å². The fourth-order valence-corrected chi connectivity index (χ4v) is 2.85. The van der Waals surface area contributed by atoms with Gasteiger partial charge in [0.25, 0.3) is 0 Å². The molecule has 0 bridgehead atoms. The molecule has 0 spiro atoms. The van der Waals surface area contributed by atoms with Crippen LogP contribution in [0.3, 0.4) is 0 Å². The Hall–Kier alpha value is -2.69. The molecular weight excluding hydrogens is 318 g/mol. The fraction of sp³-hybridized carbons (Fsp3) is 0.350. The van der Waals surface area contributed by atoms with Crippen molar-refractivity contribution in [3.63, 3.8) is 0 Å². The lowest BCUT2D eigenvalue weighted by molar-refractivity contribution is 0.0521. The third-order valence-electron chi connectivity index (χ3n) is 3.85. The predicted molar refractivity (Wildman–Crippen MR) is 94.9 cm³/mol. The number of hydrogen-bond donors (Lipinski definition) is 0. The largest absolute Gasteiger partial charge is 0.462 e. The normalized spacial score (nSPS) is 10.4. The van der Waals surface area contributed by atoms with E-state index in [0.717, 1.165) is 5.56 Å². The summed E-state index contributed by atoms with van der Waals surface area (Å²) in [7, 11) is 0. The van der Waals surface area contributed by atoms with Crippen molar-refractivity contribution in [1.82, 2.24) is 4.98 Å². The summed E-state index contributed by atoms with van der Waals surface area (Å²) in [4.78, 5) is 29.4. The zero-order valence-electron chi connectivity index (χ0n) is 15.1. The maximum absolute atomic E-state index is 12.5. The van der Waals surface area contributed by atoms with Crippen LogP contribution < -0.4 is 0 Å². The van der Waals surface area contributed by atoms with E-state index < -0.39 is 11.9 Å². The number of carbonyl (C=O) groups excluding carboxylic acids is 2. The van der Waals surface area contributed by atoms with Crippen LogP contribution in [-0.2, 0) is 15.9 Å². The third-order valence-corrected chi connectivity index (χ3v) is 3.85. The van der Waals surface area contributed by atoms with Crippen LogP contribution in [0.25, 0.3) is 0 Å².